The largest absolute Gasteiger partial charge is 0.497 e. The Morgan fingerprint density at radius 2 is 1.83 bits per heavy atom. The summed E-state index contributed by atoms with van der Waals surface area (Å²) in [6.45, 7) is 6.56. The quantitative estimate of drug-likeness (QED) is 0.685. The first-order chi connectivity index (χ1) is 13.9. The van der Waals surface area contributed by atoms with Gasteiger partial charge in [-0.2, -0.15) is 0 Å². The van der Waals surface area contributed by atoms with Crippen LogP contribution in [-0.2, 0) is 19.2 Å². The molecule has 5 aliphatic rings. The summed E-state index contributed by atoms with van der Waals surface area (Å²) in [5.41, 5.74) is 0.490. The lowest BCUT2D eigenvalue weighted by molar-refractivity contribution is -0.571. The van der Waals surface area contributed by atoms with Gasteiger partial charge in [-0.05, 0) is 56.1 Å². The summed E-state index contributed by atoms with van der Waals surface area (Å²) in [7, 11) is 3.35. The molecule has 1 aromatic rings. The van der Waals surface area contributed by atoms with Crippen molar-refractivity contribution in [2.45, 2.75) is 70.2 Å². The minimum absolute atomic E-state index is 0.142. The third kappa shape index (κ3) is 2.76. The van der Waals surface area contributed by atoms with Crippen LogP contribution in [0.25, 0.3) is 0 Å². The molecule has 2 bridgehead atoms. The van der Waals surface area contributed by atoms with E-state index in [4.69, 9.17) is 28.7 Å². The second-order valence-corrected chi connectivity index (χ2v) is 9.43. The first-order valence-electron chi connectivity index (χ1n) is 10.8. The molecule has 29 heavy (non-hydrogen) atoms. The Hall–Kier alpha value is -1.34. The molecule has 1 saturated carbocycles. The number of fused-ring (bicyclic) bond motifs is 2. The number of hydrogen-bond acceptors (Lipinski definition) is 6. The Labute approximate surface area is 172 Å². The lowest BCUT2D eigenvalue weighted by Gasteiger charge is -2.60. The molecule has 160 valence electrons. The maximum Gasteiger partial charge on any atom is 0.201 e. The van der Waals surface area contributed by atoms with Crippen LogP contribution in [0.1, 0.15) is 58.1 Å². The molecular weight excluding hydrogens is 372 g/mol. The van der Waals surface area contributed by atoms with Gasteiger partial charge in [-0.15, -0.1) is 0 Å². The van der Waals surface area contributed by atoms with E-state index in [1.54, 1.807) is 14.2 Å². The van der Waals surface area contributed by atoms with Crippen molar-refractivity contribution in [3.8, 4) is 11.5 Å². The highest BCUT2D eigenvalue weighted by Crippen LogP contribution is 2.62. The lowest BCUT2D eigenvalue weighted by Crippen LogP contribution is -2.69. The molecular formula is C23H32O6. The predicted octanol–water partition coefficient (Wildman–Crippen LogP) is 4.63. The van der Waals surface area contributed by atoms with Crippen molar-refractivity contribution in [1.29, 1.82) is 0 Å². The van der Waals surface area contributed by atoms with Gasteiger partial charge in [0.2, 0.25) is 5.79 Å². The van der Waals surface area contributed by atoms with Crippen molar-refractivity contribution in [3.05, 3.63) is 23.8 Å². The maximum atomic E-state index is 6.71. The summed E-state index contributed by atoms with van der Waals surface area (Å²) in [4.78, 5) is 12.1. The summed E-state index contributed by atoms with van der Waals surface area (Å²) in [5.74, 6) is 2.25. The molecule has 6 rings (SSSR count). The summed E-state index contributed by atoms with van der Waals surface area (Å²) in [5, 5.41) is 0. The fourth-order valence-electron chi connectivity index (χ4n) is 6.31. The van der Waals surface area contributed by atoms with Gasteiger partial charge in [-0.25, -0.2) is 9.78 Å². The number of methoxy groups -OCH3 is 2. The van der Waals surface area contributed by atoms with E-state index < -0.39 is 17.7 Å². The highest BCUT2D eigenvalue weighted by Gasteiger charge is 2.69. The van der Waals surface area contributed by atoms with Gasteiger partial charge in [0.15, 0.2) is 11.9 Å². The summed E-state index contributed by atoms with van der Waals surface area (Å²) >= 11 is 0. The normalized spacial score (nSPS) is 46.0. The number of benzene rings is 1. The van der Waals surface area contributed by atoms with E-state index in [9.17, 15) is 0 Å². The van der Waals surface area contributed by atoms with E-state index in [0.717, 1.165) is 36.3 Å². The molecule has 1 spiro atoms. The summed E-state index contributed by atoms with van der Waals surface area (Å²) in [6.07, 6.45) is 3.54. The number of hydrogen-bond donors (Lipinski definition) is 0. The summed E-state index contributed by atoms with van der Waals surface area (Å²) in [6, 6.07) is 5.93. The first kappa shape index (κ1) is 19.6. The molecule has 1 aromatic carbocycles. The Balaban J connectivity index is 1.57. The fraction of sp³-hybridized carbons (Fsp3) is 0.739. The Bertz CT molecular complexity index is 783. The van der Waals surface area contributed by atoms with Crippen molar-refractivity contribution in [2.75, 3.05) is 14.2 Å². The molecule has 6 nitrogen and oxygen atoms in total. The van der Waals surface area contributed by atoms with Crippen molar-refractivity contribution < 1.29 is 28.7 Å². The molecule has 0 radical (unpaired) electrons. The second-order valence-electron chi connectivity index (χ2n) is 9.43. The Morgan fingerprint density at radius 3 is 2.59 bits per heavy atom. The standard InChI is InChI=1S/C23H32O6/c1-13-6-9-18-14(2)20(16-8-7-15(24-4)12-19(16)25-5)26-21-23(18)17(13)10-11-22(3,27-21)28-29-23/h7-8,12-14,17-18,20-21H,6,9-11H2,1-5H3/t13-,14-,17+,18+,20-,21-,22-,23-/m1/s1. The molecule has 0 aromatic heterocycles. The van der Waals surface area contributed by atoms with Gasteiger partial charge in [0.05, 0.1) is 20.3 Å². The summed E-state index contributed by atoms with van der Waals surface area (Å²) < 4.78 is 24.2. The molecule has 6 heteroatoms. The van der Waals surface area contributed by atoms with Crippen LogP contribution in [0.2, 0.25) is 0 Å². The smallest absolute Gasteiger partial charge is 0.201 e. The molecule has 5 fully saturated rings. The van der Waals surface area contributed by atoms with Gasteiger partial charge >= 0.3 is 0 Å². The SMILES string of the molecule is COc1ccc([C@@H]2O[C@@H]3O[C@@]4(C)CC[C@H]5[C@H](C)CC[C@@H]([C@H]2C)[C@@]35OO4)c(OC)c1. The average Bonchev–Trinajstić information content (AvgIpc) is 2.96. The topological polar surface area (TPSA) is 55.4 Å². The Morgan fingerprint density at radius 1 is 1.00 bits per heavy atom. The van der Waals surface area contributed by atoms with Gasteiger partial charge < -0.3 is 18.9 Å². The highest BCUT2D eigenvalue weighted by molar-refractivity contribution is 5.42. The number of ether oxygens (including phenoxy) is 4. The molecule has 4 heterocycles. The van der Waals surface area contributed by atoms with Crippen LogP contribution in [0.15, 0.2) is 18.2 Å². The van der Waals surface area contributed by atoms with Crippen LogP contribution < -0.4 is 9.47 Å². The zero-order chi connectivity index (χ0) is 20.4. The number of rotatable bonds is 3. The van der Waals surface area contributed by atoms with E-state index in [2.05, 4.69) is 13.8 Å². The van der Waals surface area contributed by atoms with Crippen molar-refractivity contribution >= 4 is 0 Å². The van der Waals surface area contributed by atoms with Gasteiger partial charge in [-0.1, -0.05) is 13.8 Å². The second kappa shape index (κ2) is 6.84. The molecule has 4 saturated heterocycles. The van der Waals surface area contributed by atoms with Crippen molar-refractivity contribution in [3.63, 3.8) is 0 Å². The predicted molar refractivity (Wildman–Crippen MR) is 105 cm³/mol. The minimum atomic E-state index is -0.757. The first-order valence-corrected chi connectivity index (χ1v) is 10.8. The molecule has 1 aliphatic carbocycles. The molecule has 0 amide bonds. The Kier molecular flexibility index (Phi) is 4.63. The molecule has 0 unspecified atom stereocenters. The zero-order valence-corrected chi connectivity index (χ0v) is 18.0. The van der Waals surface area contributed by atoms with E-state index in [0.29, 0.717) is 17.8 Å². The third-order valence-corrected chi connectivity index (χ3v) is 7.91. The monoisotopic (exact) mass is 404 g/mol. The third-order valence-electron chi connectivity index (χ3n) is 7.91. The van der Waals surface area contributed by atoms with Crippen LogP contribution in [0.4, 0.5) is 0 Å². The average molecular weight is 405 g/mol. The van der Waals surface area contributed by atoms with Crippen LogP contribution >= 0.6 is 0 Å². The van der Waals surface area contributed by atoms with E-state index in [1.165, 1.54) is 6.42 Å². The van der Waals surface area contributed by atoms with Crippen LogP contribution in [0.3, 0.4) is 0 Å². The minimum Gasteiger partial charge on any atom is -0.497 e. The maximum absolute atomic E-state index is 6.71. The molecule has 4 aliphatic heterocycles. The van der Waals surface area contributed by atoms with E-state index in [-0.39, 0.29) is 12.0 Å². The molecule has 8 atom stereocenters. The fourth-order valence-corrected chi connectivity index (χ4v) is 6.31. The highest BCUT2D eigenvalue weighted by atomic mass is 17.3. The molecule has 0 N–H and O–H groups in total. The van der Waals surface area contributed by atoms with Crippen LogP contribution in [0, 0.1) is 23.7 Å². The van der Waals surface area contributed by atoms with E-state index >= 15 is 0 Å². The van der Waals surface area contributed by atoms with Gasteiger partial charge in [0.25, 0.3) is 0 Å². The van der Waals surface area contributed by atoms with E-state index in [1.807, 2.05) is 25.1 Å². The van der Waals surface area contributed by atoms with Crippen LogP contribution in [-0.4, -0.2) is 31.9 Å². The van der Waals surface area contributed by atoms with Gasteiger partial charge in [0.1, 0.15) is 11.5 Å². The van der Waals surface area contributed by atoms with Gasteiger partial charge in [0, 0.05) is 24.0 Å². The van der Waals surface area contributed by atoms with Crippen molar-refractivity contribution in [2.24, 2.45) is 23.7 Å². The van der Waals surface area contributed by atoms with Crippen LogP contribution in [0.5, 0.6) is 11.5 Å². The zero-order valence-electron chi connectivity index (χ0n) is 18.0. The van der Waals surface area contributed by atoms with Crippen molar-refractivity contribution in [1.82, 2.24) is 0 Å². The van der Waals surface area contributed by atoms with Gasteiger partial charge in [-0.3, -0.25) is 0 Å². The lowest BCUT2D eigenvalue weighted by atomic mass is 9.57.